The number of nitrogens with zero attached hydrogens (tertiary/aromatic N) is 3. The van der Waals surface area contributed by atoms with Gasteiger partial charge in [-0.1, -0.05) is 206 Å². The molecule has 0 amide bonds. The molecule has 5 heteroatoms. The lowest BCUT2D eigenvalue weighted by molar-refractivity contribution is 0.668. The number of furan rings is 2. The Kier molecular flexibility index (Phi) is 8.73. The third-order valence-corrected chi connectivity index (χ3v) is 14.1. The lowest BCUT2D eigenvalue weighted by Crippen LogP contribution is -2.28. The van der Waals surface area contributed by atoms with E-state index in [4.69, 9.17) is 23.8 Å². The predicted octanol–water partition coefficient (Wildman–Crippen LogP) is 16.4. The Labute approximate surface area is 397 Å². The maximum atomic E-state index is 6.58. The number of hydrogen-bond donors (Lipinski definition) is 0. The molecular weight excluding hydrogens is 843 g/mol. The molecule has 0 saturated carbocycles. The van der Waals surface area contributed by atoms with E-state index in [1.165, 1.54) is 44.5 Å². The lowest BCUT2D eigenvalue weighted by atomic mass is 9.67. The van der Waals surface area contributed by atoms with Crippen LogP contribution in [0.25, 0.3) is 111 Å². The van der Waals surface area contributed by atoms with Gasteiger partial charge in [0.15, 0.2) is 17.5 Å². The summed E-state index contributed by atoms with van der Waals surface area (Å²) in [5.41, 5.74) is 17.6. The predicted molar refractivity (Wildman–Crippen MR) is 279 cm³/mol. The van der Waals surface area contributed by atoms with Crippen LogP contribution in [0.15, 0.2) is 245 Å². The molecule has 69 heavy (non-hydrogen) atoms. The maximum absolute atomic E-state index is 6.58. The van der Waals surface area contributed by atoms with Gasteiger partial charge in [-0.25, -0.2) is 15.0 Å². The monoisotopic (exact) mass is 881 g/mol. The molecule has 0 unspecified atom stereocenters. The Hall–Kier alpha value is -9.19. The molecule has 0 fully saturated rings. The van der Waals surface area contributed by atoms with Crippen molar-refractivity contribution in [3.05, 3.63) is 259 Å². The smallest absolute Gasteiger partial charge is 0.164 e. The van der Waals surface area contributed by atoms with E-state index in [0.29, 0.717) is 17.5 Å². The SMILES string of the molecule is c1ccc(-c2nc(-c3cccc4oc5ccccc5c34)nc(-c3cccc4oc5ccc(-c6ccc(-c7cccc8c7-c7ccccc7C8(c7ccccc7)c7ccccc7)cc6)cc5c34)n2)cc1. The molecule has 0 bridgehead atoms. The molecule has 0 spiro atoms. The Morgan fingerprint density at radius 3 is 1.46 bits per heavy atom. The second-order valence-electron chi connectivity index (χ2n) is 17.8. The van der Waals surface area contributed by atoms with Crippen LogP contribution >= 0.6 is 0 Å². The molecule has 0 saturated heterocycles. The number of para-hydroxylation sites is 1. The van der Waals surface area contributed by atoms with Gasteiger partial charge in [-0.15, -0.1) is 0 Å². The minimum atomic E-state index is -0.458. The topological polar surface area (TPSA) is 65.0 Å². The number of hydrogen-bond acceptors (Lipinski definition) is 5. The van der Waals surface area contributed by atoms with Crippen LogP contribution in [0.1, 0.15) is 22.3 Å². The van der Waals surface area contributed by atoms with E-state index in [2.05, 4.69) is 164 Å². The zero-order chi connectivity index (χ0) is 45.5. The highest BCUT2D eigenvalue weighted by Crippen LogP contribution is 2.58. The van der Waals surface area contributed by atoms with Crippen LogP contribution in [0.3, 0.4) is 0 Å². The molecule has 3 heterocycles. The first-order chi connectivity index (χ1) is 34.2. The summed E-state index contributed by atoms with van der Waals surface area (Å²) in [6.07, 6.45) is 0. The van der Waals surface area contributed by atoms with Crippen molar-refractivity contribution in [3.8, 4) is 67.5 Å². The van der Waals surface area contributed by atoms with Crippen molar-refractivity contribution in [1.29, 1.82) is 0 Å². The van der Waals surface area contributed by atoms with Gasteiger partial charge in [-0.2, -0.15) is 0 Å². The first-order valence-corrected chi connectivity index (χ1v) is 23.3. The molecule has 0 N–H and O–H groups in total. The average Bonchev–Trinajstić information content (AvgIpc) is 4.10. The zero-order valence-electron chi connectivity index (χ0n) is 37.2. The van der Waals surface area contributed by atoms with E-state index >= 15 is 0 Å². The third kappa shape index (κ3) is 6.00. The fraction of sp³-hybridized carbons (Fsp3) is 0.0156. The molecule has 0 aliphatic heterocycles. The normalized spacial score (nSPS) is 12.8. The van der Waals surface area contributed by atoms with Gasteiger partial charge in [0.05, 0.1) is 5.41 Å². The largest absolute Gasteiger partial charge is 0.456 e. The summed E-state index contributed by atoms with van der Waals surface area (Å²) in [4.78, 5) is 15.6. The summed E-state index contributed by atoms with van der Waals surface area (Å²) < 4.78 is 12.9. The van der Waals surface area contributed by atoms with E-state index in [9.17, 15) is 0 Å². The van der Waals surface area contributed by atoms with Gasteiger partial charge in [0.25, 0.3) is 0 Å². The number of fused-ring (bicyclic) bond motifs is 9. The van der Waals surface area contributed by atoms with Crippen LogP contribution in [0.4, 0.5) is 0 Å². The molecule has 0 radical (unpaired) electrons. The van der Waals surface area contributed by atoms with Gasteiger partial charge in [0.2, 0.25) is 0 Å². The van der Waals surface area contributed by atoms with Crippen LogP contribution in [0.5, 0.6) is 0 Å². The summed E-state index contributed by atoms with van der Waals surface area (Å²) in [6, 6.07) is 83.6. The van der Waals surface area contributed by atoms with Gasteiger partial charge in [0, 0.05) is 38.2 Å². The van der Waals surface area contributed by atoms with Crippen LogP contribution in [0, 0.1) is 0 Å². The van der Waals surface area contributed by atoms with Crippen LogP contribution in [0.2, 0.25) is 0 Å². The minimum Gasteiger partial charge on any atom is -0.456 e. The summed E-state index contributed by atoms with van der Waals surface area (Å²) >= 11 is 0. The van der Waals surface area contributed by atoms with Crippen molar-refractivity contribution >= 4 is 43.9 Å². The van der Waals surface area contributed by atoms with E-state index in [-0.39, 0.29) is 0 Å². The fourth-order valence-electron chi connectivity index (χ4n) is 11.1. The van der Waals surface area contributed by atoms with Crippen LogP contribution in [-0.4, -0.2) is 15.0 Å². The first kappa shape index (κ1) is 39.0. The van der Waals surface area contributed by atoms with Crippen molar-refractivity contribution in [2.75, 3.05) is 0 Å². The molecule has 0 atom stereocenters. The van der Waals surface area contributed by atoms with Gasteiger partial charge < -0.3 is 8.83 Å². The molecule has 10 aromatic carbocycles. The van der Waals surface area contributed by atoms with Gasteiger partial charge in [-0.3, -0.25) is 0 Å². The molecule has 322 valence electrons. The number of aromatic nitrogens is 3. The quantitative estimate of drug-likeness (QED) is 0.160. The van der Waals surface area contributed by atoms with Crippen molar-refractivity contribution < 1.29 is 8.83 Å². The Balaban J connectivity index is 0.895. The van der Waals surface area contributed by atoms with Gasteiger partial charge in [-0.05, 0) is 86.0 Å². The van der Waals surface area contributed by atoms with Crippen LogP contribution in [-0.2, 0) is 5.41 Å². The molecule has 3 aromatic heterocycles. The highest BCUT2D eigenvalue weighted by atomic mass is 16.3. The van der Waals surface area contributed by atoms with Crippen LogP contribution < -0.4 is 0 Å². The molecule has 14 rings (SSSR count). The average molecular weight is 882 g/mol. The highest BCUT2D eigenvalue weighted by Gasteiger charge is 2.46. The first-order valence-electron chi connectivity index (χ1n) is 23.3. The van der Waals surface area contributed by atoms with E-state index in [1.54, 1.807) is 0 Å². The lowest BCUT2D eigenvalue weighted by Gasteiger charge is -2.34. The summed E-state index contributed by atoms with van der Waals surface area (Å²) in [5, 5.41) is 3.93. The van der Waals surface area contributed by atoms with E-state index in [0.717, 1.165) is 71.7 Å². The minimum absolute atomic E-state index is 0.458. The van der Waals surface area contributed by atoms with Crippen molar-refractivity contribution in [3.63, 3.8) is 0 Å². The fourth-order valence-corrected chi connectivity index (χ4v) is 11.1. The summed E-state index contributed by atoms with van der Waals surface area (Å²) in [6.45, 7) is 0. The standard InChI is InChI=1S/C64H39N3O2/c1-4-17-42(18-5-1)61-65-62(49-26-15-31-56-59(49)48-24-11-13-30-54(48)68-56)67-63(66-61)50-27-16-32-57-60(50)51-39-43(37-38-55(51)69-57)40-33-35-41(36-34-40)46-25-14-29-53-58(46)47-23-10-12-28-52(47)64(53,44-19-6-2-7-20-44)45-21-8-3-9-22-45/h1-39H. The second kappa shape index (κ2) is 15.4. The van der Waals surface area contributed by atoms with Crippen molar-refractivity contribution in [2.24, 2.45) is 0 Å². The third-order valence-electron chi connectivity index (χ3n) is 14.1. The Morgan fingerprint density at radius 2 is 0.768 bits per heavy atom. The van der Waals surface area contributed by atoms with Gasteiger partial charge in [0.1, 0.15) is 22.3 Å². The van der Waals surface area contributed by atoms with Crippen molar-refractivity contribution in [2.45, 2.75) is 5.41 Å². The number of benzene rings is 10. The zero-order valence-corrected chi connectivity index (χ0v) is 37.2. The molecule has 13 aromatic rings. The molecule has 1 aliphatic rings. The molecular formula is C64H39N3O2. The summed E-state index contributed by atoms with van der Waals surface area (Å²) in [5.74, 6) is 1.72. The highest BCUT2D eigenvalue weighted by molar-refractivity contribution is 6.14. The Morgan fingerprint density at radius 1 is 0.290 bits per heavy atom. The van der Waals surface area contributed by atoms with Gasteiger partial charge >= 0.3 is 0 Å². The maximum Gasteiger partial charge on any atom is 0.164 e. The molecule has 5 nitrogen and oxygen atoms in total. The second-order valence-corrected chi connectivity index (χ2v) is 17.8. The van der Waals surface area contributed by atoms with Crippen molar-refractivity contribution in [1.82, 2.24) is 15.0 Å². The van der Waals surface area contributed by atoms with E-state index < -0.39 is 5.41 Å². The summed E-state index contributed by atoms with van der Waals surface area (Å²) in [7, 11) is 0. The molecule has 1 aliphatic carbocycles. The number of rotatable bonds is 7. The van der Waals surface area contributed by atoms with E-state index in [1.807, 2.05) is 72.8 Å². The Bertz CT molecular complexity index is 4080.